The average molecular weight is 388 g/mol. The predicted molar refractivity (Wildman–Crippen MR) is 107 cm³/mol. The first-order chi connectivity index (χ1) is 11.5. The van der Waals surface area contributed by atoms with Gasteiger partial charge < -0.3 is 10.6 Å². The van der Waals surface area contributed by atoms with E-state index in [1.165, 1.54) is 6.26 Å². The van der Waals surface area contributed by atoms with Gasteiger partial charge in [0.15, 0.2) is 5.96 Å². The summed E-state index contributed by atoms with van der Waals surface area (Å²) >= 11 is 6.09. The molecule has 0 bridgehead atoms. The first-order valence-electron chi connectivity index (χ1n) is 8.52. The first kappa shape index (κ1) is 21.8. The largest absolute Gasteiger partial charge is 0.357 e. The van der Waals surface area contributed by atoms with Gasteiger partial charge >= 0.3 is 0 Å². The maximum Gasteiger partial charge on any atom is 0.191 e. The quantitative estimate of drug-likeness (QED) is 0.531. The van der Waals surface area contributed by atoms with Crippen molar-refractivity contribution < 1.29 is 8.42 Å². The fourth-order valence-electron chi connectivity index (χ4n) is 2.29. The van der Waals surface area contributed by atoms with Crippen LogP contribution in [0.2, 0.25) is 5.02 Å². The average Bonchev–Trinajstić information content (AvgIpc) is 2.50. The van der Waals surface area contributed by atoms with Crippen molar-refractivity contribution in [2.45, 2.75) is 45.6 Å². The van der Waals surface area contributed by atoms with E-state index in [9.17, 15) is 8.42 Å². The van der Waals surface area contributed by atoms with E-state index in [-0.39, 0.29) is 17.2 Å². The molecule has 0 saturated heterocycles. The number of nitrogens with zero attached hydrogens (tertiary/aromatic N) is 1. The molecule has 1 rings (SSSR count). The molecular weight excluding hydrogens is 358 g/mol. The minimum Gasteiger partial charge on any atom is -0.357 e. The molecule has 0 saturated carbocycles. The third-order valence-electron chi connectivity index (χ3n) is 3.89. The third kappa shape index (κ3) is 8.59. The van der Waals surface area contributed by atoms with Crippen LogP contribution in [0.1, 0.15) is 39.7 Å². The highest BCUT2D eigenvalue weighted by Crippen LogP contribution is 2.25. The number of rotatable bonds is 8. The molecule has 0 heterocycles. The lowest BCUT2D eigenvalue weighted by Crippen LogP contribution is -2.43. The number of aliphatic imine (C=N–C) groups is 1. The minimum absolute atomic E-state index is 0.0156. The summed E-state index contributed by atoms with van der Waals surface area (Å²) < 4.78 is 22.6. The molecule has 0 aromatic heterocycles. The molecule has 1 aromatic carbocycles. The Kier molecular flexibility index (Phi) is 8.22. The maximum atomic E-state index is 11.3. The molecule has 0 aliphatic carbocycles. The predicted octanol–water partition coefficient (Wildman–Crippen LogP) is 3.00. The summed E-state index contributed by atoms with van der Waals surface area (Å²) in [6.45, 7) is 9.53. The monoisotopic (exact) mass is 387 g/mol. The Bertz CT molecular complexity index is 687. The smallest absolute Gasteiger partial charge is 0.191 e. The Balaban J connectivity index is 2.77. The normalized spacial score (nSPS) is 14.2. The van der Waals surface area contributed by atoms with Crippen LogP contribution in [0.4, 0.5) is 0 Å². The lowest BCUT2D eigenvalue weighted by atomic mass is 9.85. The van der Waals surface area contributed by atoms with Gasteiger partial charge in [-0.15, -0.1) is 0 Å². The van der Waals surface area contributed by atoms with E-state index in [1.807, 2.05) is 32.0 Å². The van der Waals surface area contributed by atoms with Crippen LogP contribution in [0.15, 0.2) is 29.3 Å². The van der Waals surface area contributed by atoms with Crippen molar-refractivity contribution in [2.24, 2.45) is 4.99 Å². The van der Waals surface area contributed by atoms with Crippen molar-refractivity contribution in [3.8, 4) is 0 Å². The van der Waals surface area contributed by atoms with Crippen LogP contribution in [-0.2, 0) is 15.3 Å². The lowest BCUT2D eigenvalue weighted by Gasteiger charge is -2.25. The maximum absolute atomic E-state index is 11.3. The molecule has 1 aromatic rings. The summed E-state index contributed by atoms with van der Waals surface area (Å²) in [6, 6.07) is 7.84. The summed E-state index contributed by atoms with van der Waals surface area (Å²) in [5, 5.41) is 7.20. The number of sulfone groups is 1. The molecule has 0 spiro atoms. The van der Waals surface area contributed by atoms with Crippen LogP contribution in [-0.4, -0.2) is 45.5 Å². The summed E-state index contributed by atoms with van der Waals surface area (Å²) in [5.74, 6) is 0.854. The Morgan fingerprint density at radius 1 is 1.36 bits per heavy atom. The Morgan fingerprint density at radius 2 is 2.04 bits per heavy atom. The summed E-state index contributed by atoms with van der Waals surface area (Å²) in [5.41, 5.74) is 0.966. The summed E-state index contributed by atoms with van der Waals surface area (Å²) in [7, 11) is -2.96. The highest BCUT2D eigenvalue weighted by Gasteiger charge is 2.21. The SMILES string of the molecule is CCNC(=NCC(C)(C)c1cccc(Cl)c1)NC(C)CCS(C)(=O)=O. The van der Waals surface area contributed by atoms with Crippen molar-refractivity contribution in [1.29, 1.82) is 0 Å². The van der Waals surface area contributed by atoms with Gasteiger partial charge in [0, 0.05) is 29.3 Å². The van der Waals surface area contributed by atoms with E-state index in [2.05, 4.69) is 35.5 Å². The van der Waals surface area contributed by atoms with Crippen LogP contribution < -0.4 is 10.6 Å². The topological polar surface area (TPSA) is 70.6 Å². The molecule has 1 atom stereocenters. The van der Waals surface area contributed by atoms with Gasteiger partial charge in [0.1, 0.15) is 9.84 Å². The van der Waals surface area contributed by atoms with Gasteiger partial charge in [0.2, 0.25) is 0 Å². The van der Waals surface area contributed by atoms with E-state index in [1.54, 1.807) is 0 Å². The van der Waals surface area contributed by atoms with Crippen LogP contribution in [0.3, 0.4) is 0 Å². The molecule has 0 fully saturated rings. The Hall–Kier alpha value is -1.27. The van der Waals surface area contributed by atoms with Crippen molar-refractivity contribution in [1.82, 2.24) is 10.6 Å². The molecule has 0 aliphatic heterocycles. The van der Waals surface area contributed by atoms with Crippen LogP contribution in [0, 0.1) is 0 Å². The van der Waals surface area contributed by atoms with E-state index >= 15 is 0 Å². The molecular formula is C18H30ClN3O2S. The molecule has 1 unspecified atom stereocenters. The fraction of sp³-hybridized carbons (Fsp3) is 0.611. The molecule has 0 aliphatic rings. The zero-order valence-corrected chi connectivity index (χ0v) is 17.3. The van der Waals surface area contributed by atoms with E-state index in [4.69, 9.17) is 11.6 Å². The van der Waals surface area contributed by atoms with Crippen LogP contribution >= 0.6 is 11.6 Å². The highest BCUT2D eigenvalue weighted by molar-refractivity contribution is 7.90. The van der Waals surface area contributed by atoms with E-state index in [0.29, 0.717) is 23.9 Å². The number of hydrogen-bond donors (Lipinski definition) is 2. The van der Waals surface area contributed by atoms with Gasteiger partial charge in [0.05, 0.1) is 12.3 Å². The standard InChI is InChI=1S/C18H30ClN3O2S/c1-6-20-17(22-14(2)10-11-25(5,23)24)21-13-18(3,4)15-8-7-9-16(19)12-15/h7-9,12,14H,6,10-11,13H2,1-5H3,(H2,20,21,22). The summed E-state index contributed by atoms with van der Waals surface area (Å²) in [4.78, 5) is 4.68. The fourth-order valence-corrected chi connectivity index (χ4v) is 3.27. The highest BCUT2D eigenvalue weighted by atomic mass is 35.5. The van der Waals surface area contributed by atoms with Crippen LogP contribution in [0.25, 0.3) is 0 Å². The van der Waals surface area contributed by atoms with Crippen molar-refractivity contribution in [3.63, 3.8) is 0 Å². The molecule has 5 nitrogen and oxygen atoms in total. The number of nitrogens with one attached hydrogen (secondary N) is 2. The van der Waals surface area contributed by atoms with Gasteiger partial charge in [-0.05, 0) is 38.0 Å². The zero-order chi connectivity index (χ0) is 19.1. The lowest BCUT2D eigenvalue weighted by molar-refractivity contribution is 0.533. The van der Waals surface area contributed by atoms with Crippen LogP contribution in [0.5, 0.6) is 0 Å². The van der Waals surface area contributed by atoms with Crippen molar-refractivity contribution >= 4 is 27.4 Å². The van der Waals surface area contributed by atoms with E-state index < -0.39 is 9.84 Å². The first-order valence-corrected chi connectivity index (χ1v) is 11.0. The zero-order valence-electron chi connectivity index (χ0n) is 15.8. The molecule has 142 valence electrons. The molecule has 0 amide bonds. The van der Waals surface area contributed by atoms with Gasteiger partial charge in [-0.25, -0.2) is 8.42 Å². The second-order valence-electron chi connectivity index (χ2n) is 7.05. The number of benzene rings is 1. The number of guanidine groups is 1. The Morgan fingerprint density at radius 3 is 2.60 bits per heavy atom. The molecule has 25 heavy (non-hydrogen) atoms. The third-order valence-corrected chi connectivity index (χ3v) is 5.10. The second kappa shape index (κ2) is 9.43. The summed E-state index contributed by atoms with van der Waals surface area (Å²) in [6.07, 6.45) is 1.80. The van der Waals surface area contributed by atoms with Gasteiger partial charge in [-0.2, -0.15) is 0 Å². The number of halogens is 1. The van der Waals surface area contributed by atoms with Gasteiger partial charge in [-0.3, -0.25) is 4.99 Å². The number of hydrogen-bond acceptors (Lipinski definition) is 3. The molecule has 0 radical (unpaired) electrons. The van der Waals surface area contributed by atoms with Crippen molar-refractivity contribution in [2.75, 3.05) is 25.1 Å². The van der Waals surface area contributed by atoms with Crippen molar-refractivity contribution in [3.05, 3.63) is 34.9 Å². The van der Waals surface area contributed by atoms with E-state index in [0.717, 1.165) is 12.1 Å². The van der Waals surface area contributed by atoms with Gasteiger partial charge in [-0.1, -0.05) is 37.6 Å². The Labute approximate surface area is 157 Å². The molecule has 2 N–H and O–H groups in total. The molecule has 7 heteroatoms. The second-order valence-corrected chi connectivity index (χ2v) is 9.75. The van der Waals surface area contributed by atoms with Gasteiger partial charge in [0.25, 0.3) is 0 Å². The minimum atomic E-state index is -2.96.